The van der Waals surface area contributed by atoms with Crippen molar-refractivity contribution in [3.8, 4) is 0 Å². The fraction of sp³-hybridized carbons (Fsp3) is 0.444. The predicted octanol–water partition coefficient (Wildman–Crippen LogP) is 0.831. The quantitative estimate of drug-likeness (QED) is 0.553. The Labute approximate surface area is 151 Å². The highest BCUT2D eigenvalue weighted by molar-refractivity contribution is 6.08. The van der Waals surface area contributed by atoms with Crippen molar-refractivity contribution in [2.24, 2.45) is 0 Å². The second kappa shape index (κ2) is 7.99. The molecule has 0 aliphatic carbocycles. The molecule has 8 heteroatoms. The summed E-state index contributed by atoms with van der Waals surface area (Å²) < 4.78 is 4.82. The minimum absolute atomic E-state index is 0.429. The molecule has 0 bridgehead atoms. The van der Waals surface area contributed by atoms with Gasteiger partial charge in [0, 0.05) is 6.54 Å². The van der Waals surface area contributed by atoms with Gasteiger partial charge in [0.2, 0.25) is 0 Å². The van der Waals surface area contributed by atoms with Crippen LogP contribution in [0.5, 0.6) is 0 Å². The SMILES string of the molecule is CCCNC(=O)COC(=O)CN1C(=O)N[C@@](C)(c2ccc(C)cc2)C1=O. The van der Waals surface area contributed by atoms with Crippen LogP contribution in [-0.4, -0.2) is 48.4 Å². The van der Waals surface area contributed by atoms with Crippen molar-refractivity contribution in [2.75, 3.05) is 19.7 Å². The van der Waals surface area contributed by atoms with Crippen molar-refractivity contribution >= 4 is 23.8 Å². The summed E-state index contributed by atoms with van der Waals surface area (Å²) in [5, 5.41) is 5.18. The number of nitrogens with one attached hydrogen (secondary N) is 2. The van der Waals surface area contributed by atoms with Gasteiger partial charge in [-0.3, -0.25) is 19.3 Å². The smallest absolute Gasteiger partial charge is 0.326 e. The van der Waals surface area contributed by atoms with Crippen LogP contribution < -0.4 is 10.6 Å². The normalized spacial score (nSPS) is 19.3. The summed E-state index contributed by atoms with van der Waals surface area (Å²) in [4.78, 5) is 49.0. The number of ether oxygens (including phenoxy) is 1. The molecule has 0 saturated carbocycles. The lowest BCUT2D eigenvalue weighted by molar-refractivity contribution is -0.151. The zero-order valence-corrected chi connectivity index (χ0v) is 15.1. The third kappa shape index (κ3) is 4.19. The molecule has 2 N–H and O–H groups in total. The minimum Gasteiger partial charge on any atom is -0.454 e. The molecule has 8 nitrogen and oxygen atoms in total. The van der Waals surface area contributed by atoms with Gasteiger partial charge in [0.05, 0.1) is 0 Å². The number of amides is 4. The third-order valence-electron chi connectivity index (χ3n) is 4.13. The maximum atomic E-state index is 12.7. The van der Waals surface area contributed by atoms with Gasteiger partial charge in [-0.1, -0.05) is 36.8 Å². The van der Waals surface area contributed by atoms with E-state index in [0.29, 0.717) is 12.1 Å². The van der Waals surface area contributed by atoms with E-state index in [1.165, 1.54) is 0 Å². The Morgan fingerprint density at radius 2 is 1.88 bits per heavy atom. The first kappa shape index (κ1) is 19.4. The van der Waals surface area contributed by atoms with Crippen LogP contribution in [0.1, 0.15) is 31.4 Å². The molecule has 2 rings (SSSR count). The van der Waals surface area contributed by atoms with Gasteiger partial charge in [-0.25, -0.2) is 4.79 Å². The summed E-state index contributed by atoms with van der Waals surface area (Å²) in [7, 11) is 0. The van der Waals surface area contributed by atoms with Gasteiger partial charge >= 0.3 is 12.0 Å². The number of carbonyl (C=O) groups is 4. The molecule has 0 unspecified atom stereocenters. The van der Waals surface area contributed by atoms with E-state index >= 15 is 0 Å². The van der Waals surface area contributed by atoms with E-state index in [4.69, 9.17) is 4.74 Å². The molecule has 1 saturated heterocycles. The van der Waals surface area contributed by atoms with Crippen LogP contribution in [0.25, 0.3) is 0 Å². The molecule has 1 aliphatic heterocycles. The molecule has 0 spiro atoms. The van der Waals surface area contributed by atoms with Gasteiger partial charge < -0.3 is 15.4 Å². The standard InChI is InChI=1S/C18H23N3O5/c1-4-9-19-14(22)11-26-15(23)10-21-16(24)18(3,20-17(21)25)13-7-5-12(2)6-8-13/h5-8H,4,9-11H2,1-3H3,(H,19,22)(H,20,25)/t18-/m0/s1. The van der Waals surface area contributed by atoms with Crippen molar-refractivity contribution in [2.45, 2.75) is 32.7 Å². The van der Waals surface area contributed by atoms with Crippen molar-refractivity contribution < 1.29 is 23.9 Å². The Hall–Kier alpha value is -2.90. The summed E-state index contributed by atoms with van der Waals surface area (Å²) in [6.45, 7) is 4.89. The molecule has 1 atom stereocenters. The monoisotopic (exact) mass is 361 g/mol. The fourth-order valence-electron chi connectivity index (χ4n) is 2.56. The van der Waals surface area contributed by atoms with Gasteiger partial charge in [0.25, 0.3) is 11.8 Å². The highest BCUT2D eigenvalue weighted by Gasteiger charge is 2.49. The molecule has 140 valence electrons. The van der Waals surface area contributed by atoms with E-state index in [0.717, 1.165) is 16.9 Å². The van der Waals surface area contributed by atoms with E-state index < -0.39 is 42.5 Å². The molecule has 1 aromatic carbocycles. The largest absolute Gasteiger partial charge is 0.454 e. The minimum atomic E-state index is -1.25. The Bertz CT molecular complexity index is 716. The Morgan fingerprint density at radius 3 is 2.50 bits per heavy atom. The number of aryl methyl sites for hydroxylation is 1. The van der Waals surface area contributed by atoms with Crippen molar-refractivity contribution in [1.82, 2.24) is 15.5 Å². The second-order valence-corrected chi connectivity index (χ2v) is 6.32. The molecular weight excluding hydrogens is 338 g/mol. The number of imide groups is 1. The number of nitrogens with zero attached hydrogens (tertiary/aromatic N) is 1. The van der Waals surface area contributed by atoms with Crippen molar-refractivity contribution in [3.05, 3.63) is 35.4 Å². The van der Waals surface area contributed by atoms with E-state index in [2.05, 4.69) is 10.6 Å². The number of carbonyl (C=O) groups excluding carboxylic acids is 4. The molecule has 26 heavy (non-hydrogen) atoms. The first-order valence-corrected chi connectivity index (χ1v) is 8.41. The molecule has 0 radical (unpaired) electrons. The third-order valence-corrected chi connectivity index (χ3v) is 4.13. The topological polar surface area (TPSA) is 105 Å². The van der Waals surface area contributed by atoms with Crippen LogP contribution in [0.15, 0.2) is 24.3 Å². The first-order chi connectivity index (χ1) is 12.3. The average molecular weight is 361 g/mol. The number of esters is 1. The summed E-state index contributed by atoms with van der Waals surface area (Å²) in [5.74, 6) is -1.80. The highest BCUT2D eigenvalue weighted by atomic mass is 16.5. The summed E-state index contributed by atoms with van der Waals surface area (Å²) >= 11 is 0. The molecule has 1 fully saturated rings. The van der Waals surface area contributed by atoms with Crippen LogP contribution in [0.2, 0.25) is 0 Å². The van der Waals surface area contributed by atoms with E-state index in [1.54, 1.807) is 19.1 Å². The van der Waals surface area contributed by atoms with Crippen molar-refractivity contribution in [3.63, 3.8) is 0 Å². The average Bonchev–Trinajstić information content (AvgIpc) is 2.82. The number of rotatable bonds is 7. The first-order valence-electron chi connectivity index (χ1n) is 8.41. The summed E-state index contributed by atoms with van der Waals surface area (Å²) in [6, 6.07) is 6.52. The molecule has 0 aromatic heterocycles. The van der Waals surface area contributed by atoms with Gasteiger partial charge in [-0.15, -0.1) is 0 Å². The molecular formula is C18H23N3O5. The lowest BCUT2D eigenvalue weighted by atomic mass is 9.91. The van der Waals surface area contributed by atoms with E-state index in [9.17, 15) is 19.2 Å². The molecule has 1 aromatic rings. The van der Waals surface area contributed by atoms with Gasteiger partial charge in [0.1, 0.15) is 12.1 Å². The van der Waals surface area contributed by atoms with Gasteiger partial charge in [0.15, 0.2) is 6.61 Å². The van der Waals surface area contributed by atoms with Gasteiger partial charge in [-0.2, -0.15) is 0 Å². The van der Waals surface area contributed by atoms with Gasteiger partial charge in [-0.05, 0) is 25.8 Å². The Morgan fingerprint density at radius 1 is 1.23 bits per heavy atom. The Kier molecular flexibility index (Phi) is 5.97. The van der Waals surface area contributed by atoms with Crippen LogP contribution in [-0.2, 0) is 24.7 Å². The number of benzene rings is 1. The second-order valence-electron chi connectivity index (χ2n) is 6.32. The molecule has 1 aliphatic rings. The maximum absolute atomic E-state index is 12.7. The Balaban J connectivity index is 1.99. The lowest BCUT2D eigenvalue weighted by Gasteiger charge is -2.22. The summed E-state index contributed by atoms with van der Waals surface area (Å²) in [6.07, 6.45) is 0.764. The van der Waals surface area contributed by atoms with E-state index in [1.807, 2.05) is 26.0 Å². The zero-order valence-electron chi connectivity index (χ0n) is 15.1. The van der Waals surface area contributed by atoms with Crippen LogP contribution in [0.3, 0.4) is 0 Å². The molecule has 1 heterocycles. The lowest BCUT2D eigenvalue weighted by Crippen LogP contribution is -2.42. The zero-order chi connectivity index (χ0) is 19.3. The number of hydrogen-bond acceptors (Lipinski definition) is 5. The van der Waals surface area contributed by atoms with Crippen LogP contribution in [0, 0.1) is 6.92 Å². The molecule has 4 amide bonds. The highest BCUT2D eigenvalue weighted by Crippen LogP contribution is 2.28. The predicted molar refractivity (Wildman–Crippen MR) is 93.0 cm³/mol. The van der Waals surface area contributed by atoms with Crippen LogP contribution in [0.4, 0.5) is 4.79 Å². The van der Waals surface area contributed by atoms with E-state index in [-0.39, 0.29) is 0 Å². The van der Waals surface area contributed by atoms with Crippen molar-refractivity contribution in [1.29, 1.82) is 0 Å². The number of urea groups is 1. The van der Waals surface area contributed by atoms with Crippen LogP contribution >= 0.6 is 0 Å². The fourth-order valence-corrected chi connectivity index (χ4v) is 2.56. The summed E-state index contributed by atoms with van der Waals surface area (Å²) in [5.41, 5.74) is 0.399. The maximum Gasteiger partial charge on any atom is 0.326 e. The number of hydrogen-bond donors (Lipinski definition) is 2.